The first kappa shape index (κ1) is 9.32. The summed E-state index contributed by atoms with van der Waals surface area (Å²) in [6.45, 7) is 4.38. The summed E-state index contributed by atoms with van der Waals surface area (Å²) in [5, 5.41) is 8.85. The molecule has 1 aromatic heterocycles. The molecule has 0 aliphatic carbocycles. The Kier molecular flexibility index (Phi) is 2.57. The van der Waals surface area contributed by atoms with Crippen LogP contribution in [0.3, 0.4) is 0 Å². The monoisotopic (exact) mass is 231 g/mol. The van der Waals surface area contributed by atoms with Gasteiger partial charge in [0, 0.05) is 17.2 Å². The fourth-order valence-corrected chi connectivity index (χ4v) is 1.59. The first-order chi connectivity index (χ1) is 5.57. The van der Waals surface area contributed by atoms with Gasteiger partial charge in [0.25, 0.3) is 0 Å². The molecule has 0 radical (unpaired) electrons. The van der Waals surface area contributed by atoms with Gasteiger partial charge in [-0.25, -0.2) is 4.79 Å². The van der Waals surface area contributed by atoms with Gasteiger partial charge in [0.05, 0.1) is 0 Å². The second kappa shape index (κ2) is 3.31. The Labute approximate surface area is 79.1 Å². The third-order valence-electron chi connectivity index (χ3n) is 1.81. The molecule has 0 saturated carbocycles. The van der Waals surface area contributed by atoms with Crippen LogP contribution < -0.4 is 0 Å². The van der Waals surface area contributed by atoms with E-state index in [0.29, 0.717) is 12.2 Å². The zero-order valence-electron chi connectivity index (χ0n) is 6.97. The Morgan fingerprint density at radius 3 is 2.67 bits per heavy atom. The van der Waals surface area contributed by atoms with Gasteiger partial charge in [0.1, 0.15) is 5.69 Å². The molecule has 1 N–H and O–H groups in total. The van der Waals surface area contributed by atoms with E-state index in [-0.39, 0.29) is 0 Å². The van der Waals surface area contributed by atoms with Crippen LogP contribution in [0.2, 0.25) is 0 Å². The quantitative estimate of drug-likeness (QED) is 0.849. The maximum Gasteiger partial charge on any atom is 0.352 e. The molecule has 0 bridgehead atoms. The van der Waals surface area contributed by atoms with Crippen molar-refractivity contribution in [3.63, 3.8) is 0 Å². The molecule has 0 aliphatic rings. The number of aromatic nitrogens is 1. The van der Waals surface area contributed by atoms with Crippen molar-refractivity contribution in [2.75, 3.05) is 0 Å². The summed E-state index contributed by atoms with van der Waals surface area (Å²) in [7, 11) is 0. The molecule has 1 rings (SSSR count). The highest BCUT2D eigenvalue weighted by Crippen LogP contribution is 2.21. The van der Waals surface area contributed by atoms with E-state index in [2.05, 4.69) is 15.9 Å². The number of halogens is 1. The molecule has 0 spiro atoms. The molecular weight excluding hydrogens is 222 g/mol. The van der Waals surface area contributed by atoms with E-state index in [1.807, 2.05) is 6.92 Å². The SMILES string of the molecule is CCn1cc(Br)c(C)c1C(=O)O. The van der Waals surface area contributed by atoms with E-state index in [9.17, 15) is 4.79 Å². The van der Waals surface area contributed by atoms with Gasteiger partial charge >= 0.3 is 5.97 Å². The number of hydrogen-bond acceptors (Lipinski definition) is 1. The van der Waals surface area contributed by atoms with Gasteiger partial charge < -0.3 is 9.67 Å². The van der Waals surface area contributed by atoms with Gasteiger partial charge in [-0.2, -0.15) is 0 Å². The lowest BCUT2D eigenvalue weighted by atomic mass is 10.3. The first-order valence-electron chi connectivity index (χ1n) is 3.66. The minimum atomic E-state index is -0.875. The molecule has 0 saturated heterocycles. The number of carbonyl (C=O) groups is 1. The molecule has 4 heteroatoms. The molecule has 3 nitrogen and oxygen atoms in total. The minimum Gasteiger partial charge on any atom is -0.477 e. The van der Waals surface area contributed by atoms with Gasteiger partial charge in [-0.15, -0.1) is 0 Å². The average molecular weight is 232 g/mol. The third-order valence-corrected chi connectivity index (χ3v) is 2.61. The number of carboxylic acids is 1. The topological polar surface area (TPSA) is 42.2 Å². The van der Waals surface area contributed by atoms with Crippen LogP contribution in [0.1, 0.15) is 23.0 Å². The van der Waals surface area contributed by atoms with E-state index < -0.39 is 5.97 Å². The molecule has 0 aromatic carbocycles. The maximum atomic E-state index is 10.8. The number of nitrogens with zero attached hydrogens (tertiary/aromatic N) is 1. The van der Waals surface area contributed by atoms with Gasteiger partial charge in [0.2, 0.25) is 0 Å². The van der Waals surface area contributed by atoms with Crippen LogP contribution in [0.25, 0.3) is 0 Å². The number of carboxylic acid groups (broad SMARTS) is 1. The van der Waals surface area contributed by atoms with Crippen molar-refractivity contribution >= 4 is 21.9 Å². The van der Waals surface area contributed by atoms with Crippen LogP contribution in [0, 0.1) is 6.92 Å². The Hall–Kier alpha value is -0.770. The lowest BCUT2D eigenvalue weighted by Crippen LogP contribution is -2.07. The van der Waals surface area contributed by atoms with Crippen molar-refractivity contribution in [3.05, 3.63) is 21.9 Å². The van der Waals surface area contributed by atoms with Crippen LogP contribution in [-0.4, -0.2) is 15.6 Å². The molecule has 12 heavy (non-hydrogen) atoms. The Bertz CT molecular complexity index is 317. The predicted octanol–water partition coefficient (Wildman–Crippen LogP) is 2.28. The smallest absolute Gasteiger partial charge is 0.352 e. The Morgan fingerprint density at radius 1 is 1.75 bits per heavy atom. The zero-order valence-corrected chi connectivity index (χ0v) is 8.55. The molecule has 0 fully saturated rings. The van der Waals surface area contributed by atoms with Crippen molar-refractivity contribution in [1.82, 2.24) is 4.57 Å². The summed E-state index contributed by atoms with van der Waals surface area (Å²) in [5.41, 5.74) is 1.15. The number of hydrogen-bond donors (Lipinski definition) is 1. The maximum absolute atomic E-state index is 10.8. The normalized spacial score (nSPS) is 10.2. The fraction of sp³-hybridized carbons (Fsp3) is 0.375. The predicted molar refractivity (Wildman–Crippen MR) is 49.5 cm³/mol. The summed E-state index contributed by atoms with van der Waals surface area (Å²) in [5.74, 6) is -0.875. The van der Waals surface area contributed by atoms with Gasteiger partial charge in [-0.05, 0) is 35.3 Å². The van der Waals surface area contributed by atoms with Crippen LogP contribution >= 0.6 is 15.9 Å². The van der Waals surface area contributed by atoms with Crippen molar-refractivity contribution in [2.45, 2.75) is 20.4 Å². The van der Waals surface area contributed by atoms with Gasteiger partial charge in [-0.3, -0.25) is 0 Å². The highest BCUT2D eigenvalue weighted by molar-refractivity contribution is 9.10. The first-order valence-corrected chi connectivity index (χ1v) is 4.45. The molecule has 0 amide bonds. The largest absolute Gasteiger partial charge is 0.477 e. The summed E-state index contributed by atoms with van der Waals surface area (Å²) < 4.78 is 2.56. The highest BCUT2D eigenvalue weighted by Gasteiger charge is 2.15. The van der Waals surface area contributed by atoms with Gasteiger partial charge in [0.15, 0.2) is 0 Å². The van der Waals surface area contributed by atoms with Crippen molar-refractivity contribution in [3.8, 4) is 0 Å². The number of rotatable bonds is 2. The van der Waals surface area contributed by atoms with Crippen molar-refractivity contribution in [2.24, 2.45) is 0 Å². The molecule has 66 valence electrons. The average Bonchev–Trinajstić information content (AvgIpc) is 2.28. The Balaban J connectivity index is 3.31. The summed E-state index contributed by atoms with van der Waals surface area (Å²) in [4.78, 5) is 10.8. The molecule has 0 atom stereocenters. The van der Waals surface area contributed by atoms with Crippen LogP contribution in [-0.2, 0) is 6.54 Å². The van der Waals surface area contributed by atoms with E-state index >= 15 is 0 Å². The van der Waals surface area contributed by atoms with E-state index in [0.717, 1.165) is 10.0 Å². The van der Waals surface area contributed by atoms with Crippen LogP contribution in [0.5, 0.6) is 0 Å². The second-order valence-corrected chi connectivity index (χ2v) is 3.40. The van der Waals surface area contributed by atoms with Gasteiger partial charge in [-0.1, -0.05) is 0 Å². The number of aryl methyl sites for hydroxylation is 1. The minimum absolute atomic E-state index is 0.365. The lowest BCUT2D eigenvalue weighted by Gasteiger charge is -2.01. The van der Waals surface area contributed by atoms with E-state index in [1.54, 1.807) is 17.7 Å². The fourth-order valence-electron chi connectivity index (χ4n) is 1.16. The summed E-state index contributed by atoms with van der Waals surface area (Å²) in [6.07, 6.45) is 1.79. The van der Waals surface area contributed by atoms with Crippen molar-refractivity contribution < 1.29 is 9.90 Å². The molecular formula is C8H10BrNO2. The van der Waals surface area contributed by atoms with E-state index in [4.69, 9.17) is 5.11 Å². The van der Waals surface area contributed by atoms with Crippen LogP contribution in [0.4, 0.5) is 0 Å². The summed E-state index contributed by atoms with van der Waals surface area (Å²) >= 11 is 3.29. The molecule has 0 aliphatic heterocycles. The zero-order chi connectivity index (χ0) is 9.30. The highest BCUT2D eigenvalue weighted by atomic mass is 79.9. The standard InChI is InChI=1S/C8H10BrNO2/c1-3-10-4-6(9)5(2)7(10)8(11)12/h4H,3H2,1-2H3,(H,11,12). The molecule has 1 aromatic rings. The second-order valence-electron chi connectivity index (χ2n) is 2.54. The molecule has 1 heterocycles. The third kappa shape index (κ3) is 1.39. The molecule has 0 unspecified atom stereocenters. The lowest BCUT2D eigenvalue weighted by molar-refractivity contribution is 0.0684. The van der Waals surface area contributed by atoms with Crippen LogP contribution in [0.15, 0.2) is 10.7 Å². The van der Waals surface area contributed by atoms with E-state index in [1.165, 1.54) is 0 Å². The summed E-state index contributed by atoms with van der Waals surface area (Å²) in [6, 6.07) is 0. The van der Waals surface area contributed by atoms with Crippen molar-refractivity contribution in [1.29, 1.82) is 0 Å². The Morgan fingerprint density at radius 2 is 2.33 bits per heavy atom. The number of aromatic carboxylic acids is 1.